The topological polar surface area (TPSA) is 85.3 Å². The Kier molecular flexibility index (Phi) is 8.90. The molecule has 0 fully saturated rings. The van der Waals surface area contributed by atoms with Gasteiger partial charge in [0, 0.05) is 31.1 Å². The number of ether oxygens (including phenoxy) is 3. The number of allylic oxidation sites excluding steroid dienone is 1. The van der Waals surface area contributed by atoms with E-state index in [0.29, 0.717) is 28.4 Å². The first-order chi connectivity index (χ1) is 14.8. The molecule has 7 nitrogen and oxygen atoms in total. The number of ketones is 1. The molecule has 2 aromatic carbocycles. The quantitative estimate of drug-likeness (QED) is 0.335. The van der Waals surface area contributed by atoms with Crippen molar-refractivity contribution < 1.29 is 28.9 Å². The summed E-state index contributed by atoms with van der Waals surface area (Å²) in [6.45, 7) is 2.24. The van der Waals surface area contributed by atoms with Crippen LogP contribution in [0.15, 0.2) is 36.4 Å². The maximum atomic E-state index is 12.9. The van der Waals surface area contributed by atoms with Crippen molar-refractivity contribution >= 4 is 29.4 Å². The molecular formula is C23H26ClNO6. The smallest absolute Gasteiger partial charge is 0.302 e. The molecule has 2 rings (SSSR count). The molecule has 0 bridgehead atoms. The van der Waals surface area contributed by atoms with Gasteiger partial charge in [0.2, 0.25) is 0 Å². The fourth-order valence-corrected chi connectivity index (χ4v) is 3.15. The number of halogens is 1. The summed E-state index contributed by atoms with van der Waals surface area (Å²) >= 11 is 6.14. The van der Waals surface area contributed by atoms with Crippen LogP contribution in [0.5, 0.6) is 17.2 Å². The number of likely N-dealkylation sites (N-methyl/N-ethyl adjacent to an activating group) is 1. The molecule has 0 aliphatic heterocycles. The number of hydrogen-bond acceptors (Lipinski definition) is 7. The predicted molar refractivity (Wildman–Crippen MR) is 119 cm³/mol. The third-order valence-corrected chi connectivity index (χ3v) is 4.88. The first-order valence-electron chi connectivity index (χ1n) is 9.54. The lowest BCUT2D eigenvalue weighted by Gasteiger charge is -2.21. The van der Waals surface area contributed by atoms with Gasteiger partial charge in [-0.3, -0.25) is 14.5 Å². The van der Waals surface area contributed by atoms with Crippen molar-refractivity contribution in [2.24, 2.45) is 0 Å². The van der Waals surface area contributed by atoms with Crippen LogP contribution in [0.1, 0.15) is 28.4 Å². The van der Waals surface area contributed by atoms with Gasteiger partial charge in [-0.25, -0.2) is 0 Å². The van der Waals surface area contributed by atoms with Gasteiger partial charge >= 0.3 is 5.97 Å². The molecule has 31 heavy (non-hydrogen) atoms. The highest BCUT2D eigenvalue weighted by Crippen LogP contribution is 2.39. The molecular weight excluding hydrogens is 422 g/mol. The number of phenolic OH excluding ortho intramolecular Hbond substituents is 1. The highest BCUT2D eigenvalue weighted by atomic mass is 35.5. The maximum Gasteiger partial charge on any atom is 0.302 e. The molecule has 0 atom stereocenters. The van der Waals surface area contributed by atoms with Gasteiger partial charge in [-0.15, -0.1) is 0 Å². The molecule has 0 heterocycles. The molecule has 0 aromatic heterocycles. The van der Waals surface area contributed by atoms with Gasteiger partial charge in [0.1, 0.15) is 29.4 Å². The van der Waals surface area contributed by atoms with E-state index in [4.69, 9.17) is 25.8 Å². The van der Waals surface area contributed by atoms with Gasteiger partial charge in [0.25, 0.3) is 0 Å². The highest BCUT2D eigenvalue weighted by molar-refractivity contribution is 6.32. The molecule has 2 aromatic rings. The summed E-state index contributed by atoms with van der Waals surface area (Å²) in [7, 11) is 4.68. The van der Waals surface area contributed by atoms with Gasteiger partial charge in [0.05, 0.1) is 19.8 Å². The molecule has 0 aliphatic rings. The summed E-state index contributed by atoms with van der Waals surface area (Å²) in [5, 5.41) is 11.5. The van der Waals surface area contributed by atoms with Crippen LogP contribution in [0.3, 0.4) is 0 Å². The van der Waals surface area contributed by atoms with E-state index >= 15 is 0 Å². The van der Waals surface area contributed by atoms with Crippen LogP contribution < -0.4 is 9.47 Å². The van der Waals surface area contributed by atoms with Crippen molar-refractivity contribution in [2.45, 2.75) is 13.5 Å². The number of esters is 1. The number of aromatic hydroxyl groups is 1. The zero-order valence-corrected chi connectivity index (χ0v) is 18.7. The molecule has 0 unspecified atom stereocenters. The van der Waals surface area contributed by atoms with E-state index in [1.54, 1.807) is 37.4 Å². The van der Waals surface area contributed by atoms with Crippen molar-refractivity contribution in [2.75, 3.05) is 34.4 Å². The lowest BCUT2D eigenvalue weighted by atomic mass is 10.0. The van der Waals surface area contributed by atoms with Crippen molar-refractivity contribution in [1.82, 2.24) is 4.90 Å². The number of carbonyl (C=O) groups excluding carboxylic acids is 2. The van der Waals surface area contributed by atoms with Gasteiger partial charge in [-0.2, -0.15) is 0 Å². The van der Waals surface area contributed by atoms with Crippen LogP contribution in [0.4, 0.5) is 0 Å². The molecule has 1 N–H and O–H groups in total. The van der Waals surface area contributed by atoms with Gasteiger partial charge < -0.3 is 19.3 Å². The average molecular weight is 448 g/mol. The van der Waals surface area contributed by atoms with Crippen LogP contribution in [0.25, 0.3) is 6.08 Å². The average Bonchev–Trinajstić information content (AvgIpc) is 2.73. The standard InChI is InChI=1S/C23H26ClNO6/c1-15(26)31-12-11-25(2)14-17-20(29-3)13-21(30-4)22(23(17)28)19(27)10-9-16-7-5-6-8-18(16)24/h5-10,13,28H,11-12,14H2,1-4H3/b10-9+. The van der Waals surface area contributed by atoms with E-state index in [-0.39, 0.29) is 36.2 Å². The zero-order chi connectivity index (χ0) is 23.0. The Balaban J connectivity index is 2.36. The second-order valence-electron chi connectivity index (χ2n) is 6.78. The third-order valence-electron chi connectivity index (χ3n) is 4.54. The first-order valence-corrected chi connectivity index (χ1v) is 9.91. The zero-order valence-electron chi connectivity index (χ0n) is 18.0. The van der Waals surface area contributed by atoms with Crippen LogP contribution in [0, 0.1) is 0 Å². The molecule has 0 aliphatic carbocycles. The van der Waals surface area contributed by atoms with E-state index in [1.165, 1.54) is 27.2 Å². The summed E-state index contributed by atoms with van der Waals surface area (Å²) in [5.74, 6) is -0.476. The van der Waals surface area contributed by atoms with Crippen LogP contribution in [-0.2, 0) is 16.1 Å². The minimum Gasteiger partial charge on any atom is -0.507 e. The number of rotatable bonds is 10. The lowest BCUT2D eigenvalue weighted by Crippen LogP contribution is -2.24. The van der Waals surface area contributed by atoms with E-state index in [2.05, 4.69) is 0 Å². The Morgan fingerprint density at radius 1 is 1.16 bits per heavy atom. The van der Waals surface area contributed by atoms with Crippen LogP contribution >= 0.6 is 11.6 Å². The van der Waals surface area contributed by atoms with Crippen molar-refractivity contribution in [3.8, 4) is 17.2 Å². The summed E-state index contributed by atoms with van der Waals surface area (Å²) in [6.07, 6.45) is 2.91. The van der Waals surface area contributed by atoms with Crippen molar-refractivity contribution in [1.29, 1.82) is 0 Å². The molecule has 0 amide bonds. The summed E-state index contributed by atoms with van der Waals surface area (Å²) in [5.41, 5.74) is 1.12. The molecule has 0 spiro atoms. The number of nitrogens with zero attached hydrogens (tertiary/aromatic N) is 1. The van der Waals surface area contributed by atoms with Crippen molar-refractivity contribution in [3.05, 3.63) is 58.1 Å². The van der Waals surface area contributed by atoms with E-state index in [1.807, 2.05) is 11.0 Å². The maximum absolute atomic E-state index is 12.9. The fraction of sp³-hybridized carbons (Fsp3) is 0.304. The van der Waals surface area contributed by atoms with Gasteiger partial charge in [-0.1, -0.05) is 29.8 Å². The number of carbonyl (C=O) groups is 2. The molecule has 0 radical (unpaired) electrons. The minimum atomic E-state index is -0.444. The second-order valence-corrected chi connectivity index (χ2v) is 7.19. The Morgan fingerprint density at radius 3 is 2.45 bits per heavy atom. The van der Waals surface area contributed by atoms with Crippen molar-refractivity contribution in [3.63, 3.8) is 0 Å². The Morgan fingerprint density at radius 2 is 1.84 bits per heavy atom. The Hall–Kier alpha value is -3.03. The molecule has 166 valence electrons. The number of phenols is 1. The number of hydrogen-bond donors (Lipinski definition) is 1. The normalized spacial score (nSPS) is 11.0. The predicted octanol–water partition coefficient (Wildman–Crippen LogP) is 3.95. The van der Waals surface area contributed by atoms with E-state index in [9.17, 15) is 14.7 Å². The van der Waals surface area contributed by atoms with Crippen LogP contribution in [0.2, 0.25) is 5.02 Å². The first kappa shape index (κ1) is 24.2. The van der Waals surface area contributed by atoms with Gasteiger partial charge in [-0.05, 0) is 30.8 Å². The summed E-state index contributed by atoms with van der Waals surface area (Å²) in [4.78, 5) is 25.7. The Bertz CT molecular complexity index is 973. The summed E-state index contributed by atoms with van der Waals surface area (Å²) in [6, 6.07) is 8.67. The fourth-order valence-electron chi connectivity index (χ4n) is 2.95. The Labute approximate surface area is 186 Å². The van der Waals surface area contributed by atoms with Gasteiger partial charge in [0.15, 0.2) is 5.78 Å². The minimum absolute atomic E-state index is 0.0231. The molecule has 0 saturated heterocycles. The summed E-state index contributed by atoms with van der Waals surface area (Å²) < 4.78 is 15.7. The lowest BCUT2D eigenvalue weighted by molar-refractivity contribution is -0.141. The molecule has 8 heteroatoms. The van der Waals surface area contributed by atoms with E-state index in [0.717, 1.165) is 0 Å². The van der Waals surface area contributed by atoms with Crippen LogP contribution in [-0.4, -0.2) is 56.2 Å². The second kappa shape index (κ2) is 11.4. The number of benzene rings is 2. The monoisotopic (exact) mass is 447 g/mol. The third kappa shape index (κ3) is 6.47. The highest BCUT2D eigenvalue weighted by Gasteiger charge is 2.24. The largest absolute Gasteiger partial charge is 0.507 e. The number of methoxy groups -OCH3 is 2. The molecule has 0 saturated carbocycles. The van der Waals surface area contributed by atoms with E-state index < -0.39 is 5.78 Å². The SMILES string of the molecule is COc1cc(OC)c(C(=O)/C=C/c2ccccc2Cl)c(O)c1CN(C)CCOC(C)=O.